The number of halogens is 2. The standard InChI is InChI=1S/C17H27N3O2.2ClH/c1-4-20(15-8-6-5-7-13(15)2)11-9-19-17(21)16-14(3)22-12-10-18-16;;/h5-8,14,16,18H,4,9-12H2,1-3H3,(H,19,21);2*1H/t14-,16+;;/m1../s1. The number of likely N-dealkylation sites (N-methyl/N-ethyl adjacent to an activating group) is 1. The summed E-state index contributed by atoms with van der Waals surface area (Å²) in [6.07, 6.45) is -0.0765. The first-order valence-electron chi connectivity index (χ1n) is 8.06. The third-order valence-electron chi connectivity index (χ3n) is 4.12. The Hall–Kier alpha value is -1.01. The fourth-order valence-electron chi connectivity index (χ4n) is 2.82. The summed E-state index contributed by atoms with van der Waals surface area (Å²) in [4.78, 5) is 14.5. The maximum Gasteiger partial charge on any atom is 0.239 e. The van der Waals surface area contributed by atoms with Gasteiger partial charge >= 0.3 is 0 Å². The molecule has 1 aliphatic rings. The van der Waals surface area contributed by atoms with Gasteiger partial charge in [0, 0.05) is 31.9 Å². The molecular formula is C17H29Cl2N3O2. The Morgan fingerprint density at radius 3 is 2.71 bits per heavy atom. The number of aryl methyl sites for hydroxylation is 1. The van der Waals surface area contributed by atoms with Gasteiger partial charge in [-0.3, -0.25) is 4.79 Å². The van der Waals surface area contributed by atoms with Crippen LogP contribution in [-0.2, 0) is 9.53 Å². The van der Waals surface area contributed by atoms with E-state index in [4.69, 9.17) is 4.74 Å². The third-order valence-corrected chi connectivity index (χ3v) is 4.12. The average Bonchev–Trinajstić information content (AvgIpc) is 2.53. The molecule has 1 fully saturated rings. The normalized spacial score (nSPS) is 19.6. The second-order valence-corrected chi connectivity index (χ2v) is 5.66. The molecule has 1 heterocycles. The van der Waals surface area contributed by atoms with Crippen molar-refractivity contribution in [1.29, 1.82) is 0 Å². The van der Waals surface area contributed by atoms with E-state index in [1.165, 1.54) is 11.3 Å². The topological polar surface area (TPSA) is 53.6 Å². The van der Waals surface area contributed by atoms with Crippen LogP contribution < -0.4 is 15.5 Å². The number of carbonyl (C=O) groups is 1. The van der Waals surface area contributed by atoms with E-state index in [-0.39, 0.29) is 42.9 Å². The van der Waals surface area contributed by atoms with Gasteiger partial charge in [-0.1, -0.05) is 18.2 Å². The zero-order valence-corrected chi connectivity index (χ0v) is 16.2. The Bertz CT molecular complexity index is 502. The van der Waals surface area contributed by atoms with Gasteiger partial charge in [0.2, 0.25) is 5.91 Å². The molecule has 0 bridgehead atoms. The molecule has 0 aliphatic carbocycles. The van der Waals surface area contributed by atoms with E-state index in [0.29, 0.717) is 13.2 Å². The summed E-state index contributed by atoms with van der Waals surface area (Å²) in [5, 5.41) is 6.22. The minimum absolute atomic E-state index is 0. The average molecular weight is 378 g/mol. The van der Waals surface area contributed by atoms with E-state index in [2.05, 4.69) is 47.6 Å². The van der Waals surface area contributed by atoms with Crippen LogP contribution in [0.3, 0.4) is 0 Å². The van der Waals surface area contributed by atoms with Crippen molar-refractivity contribution in [3.63, 3.8) is 0 Å². The van der Waals surface area contributed by atoms with Crippen molar-refractivity contribution in [2.75, 3.05) is 37.7 Å². The quantitative estimate of drug-likeness (QED) is 0.797. The lowest BCUT2D eigenvalue weighted by molar-refractivity contribution is -0.128. The highest BCUT2D eigenvalue weighted by Gasteiger charge is 2.27. The molecule has 2 N–H and O–H groups in total. The molecule has 1 aromatic carbocycles. The van der Waals surface area contributed by atoms with Crippen LogP contribution in [0.15, 0.2) is 24.3 Å². The maximum atomic E-state index is 12.2. The van der Waals surface area contributed by atoms with Crippen molar-refractivity contribution in [1.82, 2.24) is 10.6 Å². The lowest BCUT2D eigenvalue weighted by atomic mass is 10.1. The van der Waals surface area contributed by atoms with Crippen LogP contribution in [-0.4, -0.2) is 50.8 Å². The SMILES string of the molecule is CCN(CCNC(=O)[C@H]1NCCO[C@@H]1C)c1ccccc1C.Cl.Cl. The molecule has 7 heteroatoms. The van der Waals surface area contributed by atoms with Gasteiger partial charge in [0.1, 0.15) is 6.04 Å². The number of carbonyl (C=O) groups excluding carboxylic acids is 1. The van der Waals surface area contributed by atoms with Crippen LogP contribution in [0, 0.1) is 6.92 Å². The van der Waals surface area contributed by atoms with Crippen LogP contribution in [0.25, 0.3) is 0 Å². The second kappa shape index (κ2) is 11.5. The van der Waals surface area contributed by atoms with Crippen LogP contribution in [0.1, 0.15) is 19.4 Å². The predicted molar refractivity (Wildman–Crippen MR) is 104 cm³/mol. The number of ether oxygens (including phenoxy) is 1. The molecular weight excluding hydrogens is 349 g/mol. The number of morpholine rings is 1. The van der Waals surface area contributed by atoms with Crippen LogP contribution >= 0.6 is 24.8 Å². The van der Waals surface area contributed by atoms with E-state index in [1.807, 2.05) is 13.0 Å². The molecule has 24 heavy (non-hydrogen) atoms. The summed E-state index contributed by atoms with van der Waals surface area (Å²) in [5.41, 5.74) is 2.48. The van der Waals surface area contributed by atoms with Crippen molar-refractivity contribution in [3.05, 3.63) is 29.8 Å². The van der Waals surface area contributed by atoms with Gasteiger partial charge in [-0.15, -0.1) is 24.8 Å². The lowest BCUT2D eigenvalue weighted by Gasteiger charge is -2.30. The number of nitrogens with zero attached hydrogens (tertiary/aromatic N) is 1. The summed E-state index contributed by atoms with van der Waals surface area (Å²) < 4.78 is 5.51. The number of benzene rings is 1. The first kappa shape index (κ1) is 23.0. The summed E-state index contributed by atoms with van der Waals surface area (Å²) in [6, 6.07) is 8.09. The van der Waals surface area contributed by atoms with Crippen LogP contribution in [0.5, 0.6) is 0 Å². The van der Waals surface area contributed by atoms with Crippen molar-refractivity contribution >= 4 is 36.4 Å². The zero-order valence-electron chi connectivity index (χ0n) is 14.6. The fraction of sp³-hybridized carbons (Fsp3) is 0.588. The molecule has 1 aliphatic heterocycles. The number of rotatable bonds is 6. The highest BCUT2D eigenvalue weighted by Crippen LogP contribution is 2.18. The molecule has 1 saturated heterocycles. The molecule has 0 saturated carbocycles. The molecule has 5 nitrogen and oxygen atoms in total. The Labute approximate surface area is 157 Å². The van der Waals surface area contributed by atoms with Crippen molar-refractivity contribution in [2.24, 2.45) is 0 Å². The summed E-state index contributed by atoms with van der Waals surface area (Å²) in [5.74, 6) is 0.0213. The number of hydrogen-bond donors (Lipinski definition) is 2. The van der Waals surface area contributed by atoms with Crippen molar-refractivity contribution < 1.29 is 9.53 Å². The minimum Gasteiger partial charge on any atom is -0.375 e. The Balaban J connectivity index is 0.00000264. The number of para-hydroxylation sites is 1. The van der Waals surface area contributed by atoms with Crippen LogP contribution in [0.2, 0.25) is 0 Å². The summed E-state index contributed by atoms with van der Waals surface area (Å²) in [7, 11) is 0. The van der Waals surface area contributed by atoms with Gasteiger partial charge in [0.05, 0.1) is 12.7 Å². The van der Waals surface area contributed by atoms with Crippen molar-refractivity contribution in [3.8, 4) is 0 Å². The molecule has 1 amide bonds. The first-order chi connectivity index (χ1) is 10.6. The zero-order chi connectivity index (χ0) is 15.9. The number of hydrogen-bond acceptors (Lipinski definition) is 4. The minimum atomic E-state index is -0.248. The fourth-order valence-corrected chi connectivity index (χ4v) is 2.82. The van der Waals surface area contributed by atoms with Gasteiger partial charge in [-0.2, -0.15) is 0 Å². The third kappa shape index (κ3) is 6.13. The maximum absolute atomic E-state index is 12.2. The molecule has 2 rings (SSSR count). The number of anilines is 1. The molecule has 0 aromatic heterocycles. The Kier molecular flexibility index (Phi) is 11.0. The number of amides is 1. The molecule has 1 aromatic rings. The summed E-state index contributed by atoms with van der Waals surface area (Å²) >= 11 is 0. The highest BCUT2D eigenvalue weighted by atomic mass is 35.5. The lowest BCUT2D eigenvalue weighted by Crippen LogP contribution is -2.56. The second-order valence-electron chi connectivity index (χ2n) is 5.66. The Morgan fingerprint density at radius 1 is 1.38 bits per heavy atom. The van der Waals surface area contributed by atoms with Crippen molar-refractivity contribution in [2.45, 2.75) is 32.9 Å². The molecule has 0 unspecified atom stereocenters. The first-order valence-corrected chi connectivity index (χ1v) is 8.06. The monoisotopic (exact) mass is 377 g/mol. The predicted octanol–water partition coefficient (Wildman–Crippen LogP) is 2.16. The van der Waals surface area contributed by atoms with E-state index in [0.717, 1.165) is 19.6 Å². The van der Waals surface area contributed by atoms with E-state index in [9.17, 15) is 4.79 Å². The van der Waals surface area contributed by atoms with E-state index >= 15 is 0 Å². The molecule has 2 atom stereocenters. The van der Waals surface area contributed by atoms with E-state index in [1.54, 1.807) is 0 Å². The molecule has 0 radical (unpaired) electrons. The van der Waals surface area contributed by atoms with Gasteiger partial charge < -0.3 is 20.3 Å². The largest absolute Gasteiger partial charge is 0.375 e. The van der Waals surface area contributed by atoms with Crippen LogP contribution in [0.4, 0.5) is 5.69 Å². The van der Waals surface area contributed by atoms with Gasteiger partial charge in [-0.05, 0) is 32.4 Å². The number of nitrogens with one attached hydrogen (secondary N) is 2. The Morgan fingerprint density at radius 2 is 2.08 bits per heavy atom. The highest BCUT2D eigenvalue weighted by molar-refractivity contribution is 5.85. The van der Waals surface area contributed by atoms with Gasteiger partial charge in [0.25, 0.3) is 0 Å². The molecule has 0 spiro atoms. The van der Waals surface area contributed by atoms with Gasteiger partial charge in [-0.25, -0.2) is 0 Å². The van der Waals surface area contributed by atoms with Gasteiger partial charge in [0.15, 0.2) is 0 Å². The molecule has 138 valence electrons. The smallest absolute Gasteiger partial charge is 0.239 e. The summed E-state index contributed by atoms with van der Waals surface area (Å²) in [6.45, 7) is 9.92. The van der Waals surface area contributed by atoms with E-state index < -0.39 is 0 Å².